The van der Waals surface area contributed by atoms with Gasteiger partial charge in [0.1, 0.15) is 5.78 Å². The van der Waals surface area contributed by atoms with E-state index in [-0.39, 0.29) is 61.4 Å². The zero-order valence-electron chi connectivity index (χ0n) is 53.4. The first-order valence-electron chi connectivity index (χ1n) is 32.4. The maximum atomic E-state index is 12.4. The number of likely N-dealkylation sites (tertiary alicyclic amines) is 3. The third kappa shape index (κ3) is 16.3. The van der Waals surface area contributed by atoms with Gasteiger partial charge in [-0.25, -0.2) is 0 Å². The topological polar surface area (TPSA) is 222 Å². The number of benzene rings is 3. The predicted molar refractivity (Wildman–Crippen MR) is 349 cm³/mol. The fraction of sp³-hybridized carbons (Fsp3) is 0.597. The highest BCUT2D eigenvalue weighted by molar-refractivity contribution is 5.94. The first kappa shape index (κ1) is 64.1. The first-order chi connectivity index (χ1) is 42.5. The first-order valence-corrected chi connectivity index (χ1v) is 32.4. The summed E-state index contributed by atoms with van der Waals surface area (Å²) in [5, 5.41) is 35.7. The van der Waals surface area contributed by atoms with Crippen molar-refractivity contribution in [3.05, 3.63) is 83.9 Å². The maximum Gasteiger partial charge on any atom is 0.239 e. The van der Waals surface area contributed by atoms with Crippen LogP contribution in [-0.4, -0.2) is 188 Å². The van der Waals surface area contributed by atoms with Crippen molar-refractivity contribution in [1.82, 2.24) is 60.0 Å². The second-order valence-corrected chi connectivity index (χ2v) is 25.7. The number of carbonyl (C=O) groups excluding carboxylic acids is 4. The van der Waals surface area contributed by atoms with Crippen molar-refractivity contribution in [3.8, 4) is 0 Å². The van der Waals surface area contributed by atoms with Gasteiger partial charge in [-0.3, -0.25) is 47.9 Å². The van der Waals surface area contributed by atoms with Crippen LogP contribution in [0.1, 0.15) is 108 Å². The van der Waals surface area contributed by atoms with E-state index in [4.69, 9.17) is 9.47 Å². The normalized spacial score (nSPS) is 22.9. The van der Waals surface area contributed by atoms with Crippen molar-refractivity contribution in [3.63, 3.8) is 0 Å². The van der Waals surface area contributed by atoms with Gasteiger partial charge in [0, 0.05) is 107 Å². The summed E-state index contributed by atoms with van der Waals surface area (Å²) >= 11 is 0. The molecule has 21 heteroatoms. The Morgan fingerprint density at radius 1 is 0.500 bits per heavy atom. The molecule has 3 aliphatic carbocycles. The number of fused-ring (bicyclic) bond motifs is 3. The molecule has 6 fully saturated rings. The van der Waals surface area contributed by atoms with Gasteiger partial charge in [0.25, 0.3) is 0 Å². The van der Waals surface area contributed by atoms with E-state index in [0.29, 0.717) is 42.7 Å². The Bertz CT molecular complexity index is 3350. The highest BCUT2D eigenvalue weighted by atomic mass is 16.5. The Labute approximate surface area is 519 Å². The van der Waals surface area contributed by atoms with Gasteiger partial charge in [0.05, 0.1) is 73.1 Å². The van der Waals surface area contributed by atoms with Crippen LogP contribution < -0.4 is 31.9 Å². The Balaban J connectivity index is 0.000000146. The van der Waals surface area contributed by atoms with Gasteiger partial charge >= 0.3 is 0 Å². The van der Waals surface area contributed by atoms with Crippen molar-refractivity contribution in [1.29, 1.82) is 0 Å². The van der Waals surface area contributed by atoms with E-state index in [1.165, 1.54) is 42.4 Å². The molecule has 3 aliphatic heterocycles. The summed E-state index contributed by atoms with van der Waals surface area (Å²) < 4.78 is 17.0. The van der Waals surface area contributed by atoms with Crippen molar-refractivity contribution in [2.24, 2.45) is 27.1 Å². The van der Waals surface area contributed by atoms with E-state index >= 15 is 0 Å². The van der Waals surface area contributed by atoms with Crippen LogP contribution in [0.4, 0.5) is 17.5 Å². The van der Waals surface area contributed by atoms with Crippen LogP contribution in [0.25, 0.3) is 32.7 Å². The number of carbonyl (C=O) groups is 4. The number of nitrogens with zero attached hydrogens (tertiary/aromatic N) is 9. The number of hydrogen-bond acceptors (Lipinski definition) is 15. The largest absolute Gasteiger partial charge is 0.379 e. The van der Waals surface area contributed by atoms with Crippen LogP contribution in [0.5, 0.6) is 0 Å². The molecular weight excluding hydrogens is 1110 g/mol. The fourth-order valence-corrected chi connectivity index (χ4v) is 14.0. The summed E-state index contributed by atoms with van der Waals surface area (Å²) in [5.41, 5.74) is 6.70. The number of nitrogens with one attached hydrogen (secondary N) is 6. The average Bonchev–Trinajstić information content (AvgIpc) is 2.24. The molecule has 21 nitrogen and oxygen atoms in total. The number of ether oxygens (including phenoxy) is 2. The molecule has 0 unspecified atom stereocenters. The zero-order chi connectivity index (χ0) is 62.0. The van der Waals surface area contributed by atoms with E-state index in [2.05, 4.69) is 151 Å². The van der Waals surface area contributed by atoms with E-state index < -0.39 is 0 Å². The van der Waals surface area contributed by atoms with Gasteiger partial charge in [-0.15, -0.1) is 6.58 Å². The number of aromatic nitrogens is 6. The minimum absolute atomic E-state index is 0.00129. The molecule has 6 aliphatic rings. The Morgan fingerprint density at radius 3 is 1.12 bits per heavy atom. The molecule has 88 heavy (non-hydrogen) atoms. The third-order valence-electron chi connectivity index (χ3n) is 19.1. The average molecular weight is 1210 g/mol. The summed E-state index contributed by atoms with van der Waals surface area (Å²) in [4.78, 5) is 56.1. The molecule has 476 valence electrons. The summed E-state index contributed by atoms with van der Waals surface area (Å²) in [5.74, 6) is 2.93. The molecule has 12 rings (SSSR count). The van der Waals surface area contributed by atoms with Crippen LogP contribution in [0.3, 0.4) is 0 Å². The van der Waals surface area contributed by atoms with E-state index in [9.17, 15) is 19.2 Å². The molecule has 0 radical (unpaired) electrons. The minimum Gasteiger partial charge on any atom is -0.379 e. The summed E-state index contributed by atoms with van der Waals surface area (Å²) in [6, 6.07) is 21.3. The monoisotopic (exact) mass is 1210 g/mol. The molecular formula is C67H97N15O6. The molecule has 3 aromatic carbocycles. The Morgan fingerprint density at radius 2 is 0.818 bits per heavy atom. The Kier molecular flexibility index (Phi) is 21.6. The molecule has 0 atom stereocenters. The van der Waals surface area contributed by atoms with Gasteiger partial charge in [0.15, 0.2) is 17.5 Å². The highest BCUT2D eigenvalue weighted by Gasteiger charge is 2.38. The van der Waals surface area contributed by atoms with Crippen molar-refractivity contribution < 1.29 is 28.7 Å². The third-order valence-corrected chi connectivity index (χ3v) is 19.1. The van der Waals surface area contributed by atoms with Crippen molar-refractivity contribution in [2.45, 2.75) is 160 Å². The molecule has 6 N–H and O–H groups in total. The number of anilines is 3. The number of aryl methyl sites for hydroxylation is 6. The highest BCUT2D eigenvalue weighted by Crippen LogP contribution is 2.33. The molecule has 6 heterocycles. The van der Waals surface area contributed by atoms with Crippen LogP contribution in [0.2, 0.25) is 0 Å². The standard InChI is InChI=1S/C23H33N5O2.C22H31N5O2.C22H33N5O2/c1-4-11-30-19-8-6-18(7-9-19)28-14-17(15-28)25-22(29)13-24-23-20-12-16(2)5-10-21(20)27(3)26-23;1-14-4-9-20-19(10-14)22(25-26(20)3)23-11-21(29)24-17-12-27(13-17)18-7-5-16(6-8-18)15(2)28;1-4-29-18-8-6-17(7-9-18)27-13-16(14-27)24-21(28)12-23-22-19-11-15(2)5-10-20(19)26(3)25-22/h4-5,10,12,17-19H,1,6-9,11,13-15H2,2-3H3,(H,24,26)(H,25,29);4,9-10,16-18H,5-8,11-13H2,1-3H3,(H,23,25)(H,24,29);5,10-11,16-18H,4,6-9,12-14H2,1-3H3,(H,23,25)(H,24,28). The summed E-state index contributed by atoms with van der Waals surface area (Å²) in [7, 11) is 5.76. The van der Waals surface area contributed by atoms with Crippen molar-refractivity contribution >= 4 is 73.7 Å². The van der Waals surface area contributed by atoms with E-state index in [1.54, 1.807) is 6.92 Å². The molecule has 0 bridgehead atoms. The minimum atomic E-state index is 0.00129. The quantitative estimate of drug-likeness (QED) is 0.0390. The molecule has 3 aromatic heterocycles. The van der Waals surface area contributed by atoms with Crippen LogP contribution in [0.15, 0.2) is 67.3 Å². The lowest BCUT2D eigenvalue weighted by atomic mass is 9.82. The Hall–Kier alpha value is -6.91. The van der Waals surface area contributed by atoms with Gasteiger partial charge in [-0.05, 0) is 148 Å². The zero-order valence-corrected chi connectivity index (χ0v) is 53.4. The predicted octanol–water partition coefficient (Wildman–Crippen LogP) is 7.29. The van der Waals surface area contributed by atoms with Gasteiger partial charge < -0.3 is 41.4 Å². The molecule has 3 saturated carbocycles. The molecule has 3 amide bonds. The lowest BCUT2D eigenvalue weighted by Gasteiger charge is -2.46. The number of hydrogen-bond donors (Lipinski definition) is 6. The van der Waals surface area contributed by atoms with E-state index in [0.717, 1.165) is 147 Å². The number of rotatable bonds is 21. The smallest absolute Gasteiger partial charge is 0.239 e. The SMILES string of the molecule is C=CCOC1CCC(N2CC(NC(=O)CNc3nn(C)c4ccc(C)cc34)C2)CC1.CC(=O)C1CCC(N2CC(NC(=O)CNc3nn(C)c4ccc(C)cc34)C2)CC1.CCOC1CCC(N2CC(NC(=O)CNc3nn(C)c4ccc(C)cc34)C2)CC1. The van der Waals surface area contributed by atoms with Crippen molar-refractivity contribution in [2.75, 3.05) is 88.1 Å². The van der Waals surface area contributed by atoms with Crippen LogP contribution >= 0.6 is 0 Å². The second-order valence-electron chi connectivity index (χ2n) is 25.7. The number of Topliss-reactive ketones (excluding diaryl/α,β-unsaturated/α-hetero) is 1. The fourth-order valence-electron chi connectivity index (χ4n) is 14.0. The molecule has 0 spiro atoms. The molecule has 3 saturated heterocycles. The second kappa shape index (κ2) is 29.6. The lowest BCUT2D eigenvalue weighted by Crippen LogP contribution is -2.63. The van der Waals surface area contributed by atoms with Gasteiger partial charge in [-0.2, -0.15) is 15.3 Å². The van der Waals surface area contributed by atoms with Gasteiger partial charge in [-0.1, -0.05) is 41.0 Å². The summed E-state index contributed by atoms with van der Waals surface area (Å²) in [6.45, 7) is 21.5. The van der Waals surface area contributed by atoms with Gasteiger partial charge in [0.2, 0.25) is 17.7 Å². The number of amides is 3. The summed E-state index contributed by atoms with van der Waals surface area (Å²) in [6.07, 6.45) is 16.2. The molecule has 6 aromatic rings. The van der Waals surface area contributed by atoms with Crippen LogP contribution in [0, 0.1) is 26.7 Å². The van der Waals surface area contributed by atoms with E-state index in [1.807, 2.05) is 41.3 Å². The lowest BCUT2D eigenvalue weighted by molar-refractivity contribution is -0.123. The maximum absolute atomic E-state index is 12.4. The van der Waals surface area contributed by atoms with Crippen LogP contribution in [-0.2, 0) is 49.8 Å². The number of ketones is 1.